The number of aliphatic carboxylic acids is 1. The molecular formula is C13H23NO2. The second-order valence-corrected chi connectivity index (χ2v) is 5.38. The van der Waals surface area contributed by atoms with Crippen molar-refractivity contribution < 1.29 is 9.90 Å². The van der Waals surface area contributed by atoms with Crippen LogP contribution in [0.1, 0.15) is 51.4 Å². The molecule has 3 heteroatoms. The molecule has 0 aromatic rings. The Kier molecular flexibility index (Phi) is 4.22. The Morgan fingerprint density at radius 3 is 2.44 bits per heavy atom. The number of hydrogen-bond acceptors (Lipinski definition) is 2. The second kappa shape index (κ2) is 5.67. The van der Waals surface area contributed by atoms with Crippen molar-refractivity contribution in [1.29, 1.82) is 0 Å². The molecule has 0 aromatic carbocycles. The molecule has 0 saturated heterocycles. The van der Waals surface area contributed by atoms with E-state index in [0.717, 1.165) is 25.3 Å². The highest BCUT2D eigenvalue weighted by atomic mass is 16.4. The number of carbonyl (C=O) groups is 1. The summed E-state index contributed by atoms with van der Waals surface area (Å²) in [5, 5.41) is 12.3. The van der Waals surface area contributed by atoms with Crippen molar-refractivity contribution >= 4 is 5.97 Å². The van der Waals surface area contributed by atoms with Crippen LogP contribution in [0.25, 0.3) is 0 Å². The molecule has 0 aromatic heterocycles. The van der Waals surface area contributed by atoms with Crippen LogP contribution in [0.15, 0.2) is 0 Å². The lowest BCUT2D eigenvalue weighted by atomic mass is 9.79. The van der Waals surface area contributed by atoms with E-state index in [2.05, 4.69) is 5.32 Å². The fraction of sp³-hybridized carbons (Fsp3) is 0.923. The molecule has 2 fully saturated rings. The smallest absolute Gasteiger partial charge is 0.308 e. The number of rotatable bonds is 5. The third kappa shape index (κ3) is 2.97. The minimum absolute atomic E-state index is 0.119. The van der Waals surface area contributed by atoms with Crippen LogP contribution in [-0.2, 0) is 4.79 Å². The van der Waals surface area contributed by atoms with Crippen LogP contribution in [-0.4, -0.2) is 23.7 Å². The Hall–Kier alpha value is -0.570. The van der Waals surface area contributed by atoms with E-state index in [1.54, 1.807) is 0 Å². The molecular weight excluding hydrogens is 202 g/mol. The van der Waals surface area contributed by atoms with E-state index in [1.807, 2.05) is 0 Å². The summed E-state index contributed by atoms with van der Waals surface area (Å²) >= 11 is 0. The third-order valence-corrected chi connectivity index (χ3v) is 4.28. The molecule has 0 heterocycles. The SMILES string of the molecule is O=C(O)C1CCC1NCCC1CCCCC1. The molecule has 0 aliphatic heterocycles. The maximum atomic E-state index is 10.8. The van der Waals surface area contributed by atoms with Gasteiger partial charge >= 0.3 is 5.97 Å². The number of carboxylic acids is 1. The van der Waals surface area contributed by atoms with Crippen molar-refractivity contribution in [3.63, 3.8) is 0 Å². The van der Waals surface area contributed by atoms with Crippen LogP contribution in [0, 0.1) is 11.8 Å². The van der Waals surface area contributed by atoms with Crippen molar-refractivity contribution in [2.24, 2.45) is 11.8 Å². The average Bonchev–Trinajstić information content (AvgIpc) is 2.23. The van der Waals surface area contributed by atoms with Gasteiger partial charge in [0.2, 0.25) is 0 Å². The first kappa shape index (κ1) is 11.9. The molecule has 2 aliphatic carbocycles. The van der Waals surface area contributed by atoms with Gasteiger partial charge in [0.1, 0.15) is 0 Å². The lowest BCUT2D eigenvalue weighted by Crippen LogP contribution is -2.48. The fourth-order valence-corrected chi connectivity index (χ4v) is 2.99. The molecule has 0 amide bonds. The van der Waals surface area contributed by atoms with Crippen molar-refractivity contribution in [2.45, 2.75) is 57.4 Å². The predicted octanol–water partition coefficient (Wildman–Crippen LogP) is 2.41. The summed E-state index contributed by atoms with van der Waals surface area (Å²) < 4.78 is 0. The Morgan fingerprint density at radius 1 is 1.12 bits per heavy atom. The molecule has 0 bridgehead atoms. The Balaban J connectivity index is 1.59. The molecule has 2 N–H and O–H groups in total. The van der Waals surface area contributed by atoms with Crippen LogP contribution in [0.4, 0.5) is 0 Å². The van der Waals surface area contributed by atoms with Crippen molar-refractivity contribution in [3.05, 3.63) is 0 Å². The van der Waals surface area contributed by atoms with Crippen LogP contribution in [0.3, 0.4) is 0 Å². The van der Waals surface area contributed by atoms with E-state index in [1.165, 1.54) is 38.5 Å². The second-order valence-electron chi connectivity index (χ2n) is 5.38. The van der Waals surface area contributed by atoms with Gasteiger partial charge in [0.25, 0.3) is 0 Å². The molecule has 2 rings (SSSR count). The minimum Gasteiger partial charge on any atom is -0.481 e. The van der Waals surface area contributed by atoms with Crippen LogP contribution >= 0.6 is 0 Å². The molecule has 2 aliphatic rings. The van der Waals surface area contributed by atoms with E-state index in [4.69, 9.17) is 5.11 Å². The van der Waals surface area contributed by atoms with Gasteiger partial charge < -0.3 is 10.4 Å². The van der Waals surface area contributed by atoms with Crippen LogP contribution in [0.5, 0.6) is 0 Å². The largest absolute Gasteiger partial charge is 0.481 e. The Labute approximate surface area is 97.6 Å². The normalized spacial score (nSPS) is 31.0. The van der Waals surface area contributed by atoms with Crippen molar-refractivity contribution in [1.82, 2.24) is 5.32 Å². The highest BCUT2D eigenvalue weighted by Crippen LogP contribution is 2.29. The molecule has 2 unspecified atom stereocenters. The zero-order chi connectivity index (χ0) is 11.4. The van der Waals surface area contributed by atoms with Gasteiger partial charge in [-0.25, -0.2) is 0 Å². The summed E-state index contributed by atoms with van der Waals surface area (Å²) in [6.07, 6.45) is 10.1. The van der Waals surface area contributed by atoms with Gasteiger partial charge in [-0.05, 0) is 31.7 Å². The summed E-state index contributed by atoms with van der Waals surface area (Å²) in [4.78, 5) is 10.8. The van der Waals surface area contributed by atoms with Gasteiger partial charge in [-0.1, -0.05) is 32.1 Å². The summed E-state index contributed by atoms with van der Waals surface area (Å²) in [6, 6.07) is 0.251. The standard InChI is InChI=1S/C13H23NO2/c15-13(16)11-6-7-12(11)14-9-8-10-4-2-1-3-5-10/h10-12,14H,1-9H2,(H,15,16). The summed E-state index contributed by atoms with van der Waals surface area (Å²) in [5.41, 5.74) is 0. The number of hydrogen-bond donors (Lipinski definition) is 2. The lowest BCUT2D eigenvalue weighted by molar-refractivity contribution is -0.146. The van der Waals surface area contributed by atoms with E-state index < -0.39 is 5.97 Å². The topological polar surface area (TPSA) is 49.3 Å². The molecule has 92 valence electrons. The van der Waals surface area contributed by atoms with Gasteiger partial charge in [-0.2, -0.15) is 0 Å². The average molecular weight is 225 g/mol. The van der Waals surface area contributed by atoms with Gasteiger partial charge in [0, 0.05) is 6.04 Å². The molecule has 16 heavy (non-hydrogen) atoms. The fourth-order valence-electron chi connectivity index (χ4n) is 2.99. The molecule has 2 atom stereocenters. The van der Waals surface area contributed by atoms with E-state index in [9.17, 15) is 4.79 Å². The molecule has 0 spiro atoms. The Bertz CT molecular complexity index is 236. The Morgan fingerprint density at radius 2 is 1.88 bits per heavy atom. The van der Waals surface area contributed by atoms with E-state index in [-0.39, 0.29) is 12.0 Å². The third-order valence-electron chi connectivity index (χ3n) is 4.28. The molecule has 0 radical (unpaired) electrons. The first-order valence-electron chi connectivity index (χ1n) is 6.73. The van der Waals surface area contributed by atoms with E-state index >= 15 is 0 Å². The van der Waals surface area contributed by atoms with Crippen molar-refractivity contribution in [2.75, 3.05) is 6.54 Å². The lowest BCUT2D eigenvalue weighted by Gasteiger charge is -2.34. The highest BCUT2D eigenvalue weighted by Gasteiger charge is 2.35. The first-order valence-corrected chi connectivity index (χ1v) is 6.73. The zero-order valence-electron chi connectivity index (χ0n) is 9.95. The molecule has 3 nitrogen and oxygen atoms in total. The highest BCUT2D eigenvalue weighted by molar-refractivity contribution is 5.72. The minimum atomic E-state index is -0.624. The van der Waals surface area contributed by atoms with Gasteiger partial charge in [-0.15, -0.1) is 0 Å². The van der Waals surface area contributed by atoms with Crippen LogP contribution < -0.4 is 5.32 Å². The van der Waals surface area contributed by atoms with Gasteiger partial charge in [0.15, 0.2) is 0 Å². The zero-order valence-corrected chi connectivity index (χ0v) is 9.95. The van der Waals surface area contributed by atoms with Gasteiger partial charge in [0.05, 0.1) is 5.92 Å². The summed E-state index contributed by atoms with van der Waals surface area (Å²) in [5.74, 6) is 0.150. The molecule has 2 saturated carbocycles. The quantitative estimate of drug-likeness (QED) is 0.755. The maximum Gasteiger partial charge on any atom is 0.308 e. The number of nitrogens with one attached hydrogen (secondary N) is 1. The maximum absolute atomic E-state index is 10.8. The summed E-state index contributed by atoms with van der Waals surface area (Å²) in [7, 11) is 0. The monoisotopic (exact) mass is 225 g/mol. The predicted molar refractivity (Wildman–Crippen MR) is 63.3 cm³/mol. The summed E-state index contributed by atoms with van der Waals surface area (Å²) in [6.45, 7) is 1.01. The van der Waals surface area contributed by atoms with Gasteiger partial charge in [-0.3, -0.25) is 4.79 Å². The van der Waals surface area contributed by atoms with E-state index in [0.29, 0.717) is 0 Å². The number of carboxylic acid groups (broad SMARTS) is 1. The van der Waals surface area contributed by atoms with Crippen LogP contribution in [0.2, 0.25) is 0 Å². The van der Waals surface area contributed by atoms with Crippen molar-refractivity contribution in [3.8, 4) is 0 Å². The first-order chi connectivity index (χ1) is 7.77.